The fourth-order valence-electron chi connectivity index (χ4n) is 1.73. The number of thiazole rings is 1. The molecule has 96 valence electrons. The first-order valence-electron chi connectivity index (χ1n) is 4.96. The third-order valence-corrected chi connectivity index (χ3v) is 4.93. The van der Waals surface area contributed by atoms with E-state index in [1.54, 1.807) is 11.8 Å². The number of anilines is 1. The minimum Gasteiger partial charge on any atom is -0.346 e. The maximum atomic E-state index is 12.7. The largest absolute Gasteiger partial charge is 0.408 e. The second kappa shape index (κ2) is 4.10. The van der Waals surface area contributed by atoms with Crippen molar-refractivity contribution in [2.45, 2.75) is 25.1 Å². The van der Waals surface area contributed by atoms with E-state index in [0.717, 1.165) is 9.48 Å². The Bertz CT molecular complexity index is 414. The highest BCUT2D eigenvalue weighted by Crippen LogP contribution is 2.39. The van der Waals surface area contributed by atoms with Gasteiger partial charge in [-0.2, -0.15) is 13.2 Å². The first-order valence-corrected chi connectivity index (χ1v) is 6.57. The Morgan fingerprint density at radius 1 is 1.53 bits per heavy atom. The van der Waals surface area contributed by atoms with Gasteiger partial charge in [-0.25, -0.2) is 4.98 Å². The Hall–Kier alpha value is -0.340. The number of nitrogens with zero attached hydrogens (tertiary/aromatic N) is 2. The number of alkyl halides is 3. The Kier molecular flexibility index (Phi) is 3.16. The van der Waals surface area contributed by atoms with Gasteiger partial charge in [0.15, 0.2) is 5.13 Å². The second-order valence-electron chi connectivity index (χ2n) is 4.18. The van der Waals surface area contributed by atoms with E-state index in [9.17, 15) is 13.2 Å². The maximum Gasteiger partial charge on any atom is 0.408 e. The predicted octanol–water partition coefficient (Wildman–Crippen LogP) is 2.68. The van der Waals surface area contributed by atoms with E-state index < -0.39 is 11.7 Å². The molecule has 1 unspecified atom stereocenters. The summed E-state index contributed by atoms with van der Waals surface area (Å²) in [5.41, 5.74) is 4.08. The van der Waals surface area contributed by atoms with Crippen LogP contribution in [-0.2, 0) is 0 Å². The first kappa shape index (κ1) is 13.1. The maximum absolute atomic E-state index is 12.7. The molecular weight excluding hydrogens is 319 g/mol. The zero-order valence-corrected chi connectivity index (χ0v) is 11.4. The molecule has 0 saturated carbocycles. The SMILES string of the molecule is Cc1nc(N2CCC(N)(C(F)(F)F)C2)sc1Br. The van der Waals surface area contributed by atoms with Gasteiger partial charge in [-0.3, -0.25) is 0 Å². The molecule has 1 aliphatic heterocycles. The van der Waals surface area contributed by atoms with Crippen LogP contribution < -0.4 is 10.6 Å². The van der Waals surface area contributed by atoms with Crippen LogP contribution in [0.5, 0.6) is 0 Å². The molecule has 0 spiro atoms. The van der Waals surface area contributed by atoms with Gasteiger partial charge in [0.1, 0.15) is 5.54 Å². The normalized spacial score (nSPS) is 25.6. The summed E-state index contributed by atoms with van der Waals surface area (Å²) in [5.74, 6) is 0. The van der Waals surface area contributed by atoms with E-state index in [1.165, 1.54) is 11.3 Å². The Labute approximate surface area is 109 Å². The van der Waals surface area contributed by atoms with Crippen molar-refractivity contribution in [3.8, 4) is 0 Å². The molecule has 2 heterocycles. The number of aryl methyl sites for hydroxylation is 1. The van der Waals surface area contributed by atoms with E-state index >= 15 is 0 Å². The van der Waals surface area contributed by atoms with Crippen LogP contribution in [0, 0.1) is 6.92 Å². The molecule has 1 aromatic heterocycles. The van der Waals surface area contributed by atoms with Gasteiger partial charge in [0.2, 0.25) is 0 Å². The Balaban J connectivity index is 2.18. The number of hydrogen-bond donors (Lipinski definition) is 1. The lowest BCUT2D eigenvalue weighted by Crippen LogP contribution is -2.55. The van der Waals surface area contributed by atoms with E-state index in [-0.39, 0.29) is 19.5 Å². The van der Waals surface area contributed by atoms with Gasteiger partial charge < -0.3 is 10.6 Å². The van der Waals surface area contributed by atoms with Crippen LogP contribution in [-0.4, -0.2) is 29.8 Å². The molecule has 0 bridgehead atoms. The topological polar surface area (TPSA) is 42.2 Å². The molecule has 0 aliphatic carbocycles. The summed E-state index contributed by atoms with van der Waals surface area (Å²) < 4.78 is 39.1. The monoisotopic (exact) mass is 329 g/mol. The molecule has 0 amide bonds. The molecule has 1 atom stereocenters. The lowest BCUT2D eigenvalue weighted by molar-refractivity contribution is -0.179. The molecule has 1 saturated heterocycles. The third-order valence-electron chi connectivity index (χ3n) is 2.86. The highest BCUT2D eigenvalue weighted by atomic mass is 79.9. The van der Waals surface area contributed by atoms with Crippen LogP contribution in [0.1, 0.15) is 12.1 Å². The molecule has 0 radical (unpaired) electrons. The van der Waals surface area contributed by atoms with Crippen molar-refractivity contribution in [3.05, 3.63) is 9.48 Å². The van der Waals surface area contributed by atoms with E-state index in [4.69, 9.17) is 5.73 Å². The number of hydrogen-bond acceptors (Lipinski definition) is 4. The Morgan fingerprint density at radius 2 is 2.18 bits per heavy atom. The zero-order valence-electron chi connectivity index (χ0n) is 9.01. The van der Waals surface area contributed by atoms with E-state index in [2.05, 4.69) is 20.9 Å². The fraction of sp³-hybridized carbons (Fsp3) is 0.667. The van der Waals surface area contributed by atoms with Gasteiger partial charge in [-0.05, 0) is 29.3 Å². The third kappa shape index (κ3) is 2.30. The van der Waals surface area contributed by atoms with Crippen LogP contribution in [0.15, 0.2) is 3.79 Å². The number of aromatic nitrogens is 1. The number of nitrogens with two attached hydrogens (primary N) is 1. The molecule has 1 fully saturated rings. The zero-order chi connectivity index (χ0) is 12.8. The standard InChI is InChI=1S/C9H11BrF3N3S/c1-5-6(10)17-7(15-5)16-3-2-8(14,4-16)9(11,12)13/h2-4,14H2,1H3. The minimum atomic E-state index is -4.37. The van der Waals surface area contributed by atoms with Crippen LogP contribution in [0.3, 0.4) is 0 Å². The molecule has 0 aromatic carbocycles. The molecule has 1 aromatic rings. The predicted molar refractivity (Wildman–Crippen MR) is 64.4 cm³/mol. The molecule has 3 nitrogen and oxygen atoms in total. The van der Waals surface area contributed by atoms with Crippen molar-refractivity contribution in [3.63, 3.8) is 0 Å². The average Bonchev–Trinajstić information content (AvgIpc) is 2.72. The van der Waals surface area contributed by atoms with E-state index in [1.807, 2.05) is 0 Å². The highest BCUT2D eigenvalue weighted by Gasteiger charge is 2.55. The van der Waals surface area contributed by atoms with Crippen molar-refractivity contribution in [2.75, 3.05) is 18.0 Å². The second-order valence-corrected chi connectivity index (χ2v) is 6.48. The lowest BCUT2D eigenvalue weighted by atomic mass is 10.00. The van der Waals surface area contributed by atoms with Gasteiger partial charge in [0, 0.05) is 13.1 Å². The van der Waals surface area contributed by atoms with Gasteiger partial charge in [0.05, 0.1) is 9.48 Å². The van der Waals surface area contributed by atoms with Crippen molar-refractivity contribution in [1.29, 1.82) is 0 Å². The number of rotatable bonds is 1. The lowest BCUT2D eigenvalue weighted by Gasteiger charge is -2.26. The van der Waals surface area contributed by atoms with Gasteiger partial charge in [0.25, 0.3) is 0 Å². The van der Waals surface area contributed by atoms with Crippen molar-refractivity contribution in [2.24, 2.45) is 5.73 Å². The summed E-state index contributed by atoms with van der Waals surface area (Å²) in [6.45, 7) is 1.87. The highest BCUT2D eigenvalue weighted by molar-refractivity contribution is 9.11. The molecular formula is C9H11BrF3N3S. The molecule has 1 aliphatic rings. The summed E-state index contributed by atoms with van der Waals surface area (Å²) in [6, 6.07) is 0. The van der Waals surface area contributed by atoms with Crippen LogP contribution >= 0.6 is 27.3 Å². The van der Waals surface area contributed by atoms with Crippen molar-refractivity contribution >= 4 is 32.4 Å². The first-order chi connectivity index (χ1) is 7.73. The molecule has 2 rings (SSSR count). The Morgan fingerprint density at radius 3 is 2.59 bits per heavy atom. The molecule has 8 heteroatoms. The van der Waals surface area contributed by atoms with E-state index in [0.29, 0.717) is 5.13 Å². The van der Waals surface area contributed by atoms with Crippen molar-refractivity contribution < 1.29 is 13.2 Å². The summed E-state index contributed by atoms with van der Waals surface area (Å²) in [5, 5.41) is 0.589. The van der Waals surface area contributed by atoms with Crippen LogP contribution in [0.2, 0.25) is 0 Å². The fourth-order valence-corrected chi connectivity index (χ4v) is 3.07. The summed E-state index contributed by atoms with van der Waals surface area (Å²) in [7, 11) is 0. The quantitative estimate of drug-likeness (QED) is 0.861. The average molecular weight is 330 g/mol. The van der Waals surface area contributed by atoms with Crippen molar-refractivity contribution in [1.82, 2.24) is 4.98 Å². The molecule has 2 N–H and O–H groups in total. The summed E-state index contributed by atoms with van der Waals surface area (Å²) >= 11 is 4.64. The summed E-state index contributed by atoms with van der Waals surface area (Å²) in [4.78, 5) is 5.81. The molecule has 17 heavy (non-hydrogen) atoms. The summed E-state index contributed by atoms with van der Waals surface area (Å²) in [6.07, 6.45) is -4.46. The van der Waals surface area contributed by atoms with Gasteiger partial charge in [-0.15, -0.1) is 0 Å². The minimum absolute atomic E-state index is 0.0905. The van der Waals surface area contributed by atoms with Gasteiger partial charge in [-0.1, -0.05) is 11.3 Å². The number of halogens is 4. The smallest absolute Gasteiger partial charge is 0.346 e. The van der Waals surface area contributed by atoms with Gasteiger partial charge >= 0.3 is 6.18 Å². The van der Waals surface area contributed by atoms with Crippen LogP contribution in [0.25, 0.3) is 0 Å². The van der Waals surface area contributed by atoms with Crippen LogP contribution in [0.4, 0.5) is 18.3 Å².